The number of nitrogens with one attached hydrogen (secondary N) is 3. The number of hydrogen-bond acceptors (Lipinski definition) is 19. The molecule has 23 heteroatoms. The zero-order valence-electron chi connectivity index (χ0n) is 57.4. The van der Waals surface area contributed by atoms with Gasteiger partial charge in [0.15, 0.2) is 0 Å². The van der Waals surface area contributed by atoms with E-state index < -0.39 is 86.7 Å². The molecule has 1 aromatic heterocycles. The lowest BCUT2D eigenvalue weighted by Crippen LogP contribution is -2.81. The molecular formula is C73H95FN8O14. The Labute approximate surface area is 560 Å². The molecule has 4 fully saturated rings. The standard InChI is InChI=1S/C47H59N5O8.C26H35N3O6.FH/c1-8-29-21-30-24-46(42(54)58-6,38-32(15-19-51(25-29)26-30)31-13-10-11-14-35(31)49-38)34-22-33-36(23-37(34)57-5)50(4)40-45(33)17-20-52-18-12-16-44(9-2,39(45)52)41(60-28(3)53)47(40,56)27-48-43(55)59-7;1-6-24-10-7-12-29-13-11-25(20(24)29)18-9-8-17(33-4)14-19(18)28(3)21(25)26(32,15-27-23(31)34-5)22(24)35-16(2)30;/h10-14,16,21-23,30,39-41,49,56H,8-9,15,17-20,24-27H2,1-7H3,(H,48,55);7-10,14,20-22,32H,6,11-13,15H2,1-5H3,(H,27,31);1H/t30-,39-,40+,41+,44+,45+,46-,47-;20-,21+,22+,24+,25+,26-;/m00./s1. The topological polar surface area (TPSA) is 246 Å². The molecule has 8 aliphatic heterocycles. The number of benzene rings is 3. The Morgan fingerprint density at radius 2 is 1.23 bits per heavy atom. The summed E-state index contributed by atoms with van der Waals surface area (Å²) in [5.41, 5.74) is 1.49. The fourth-order valence-corrected chi connectivity index (χ4v) is 21.2. The number of aliphatic hydroxyl groups is 2. The summed E-state index contributed by atoms with van der Waals surface area (Å²) in [6, 6.07) is 17.3. The van der Waals surface area contributed by atoms with Crippen LogP contribution in [0.2, 0.25) is 0 Å². The van der Waals surface area contributed by atoms with Crippen LogP contribution in [0.15, 0.2) is 90.6 Å². The molecule has 0 radical (unpaired) electrons. The van der Waals surface area contributed by atoms with Gasteiger partial charge in [-0.15, -0.1) is 0 Å². The fourth-order valence-electron chi connectivity index (χ4n) is 21.2. The number of halogens is 1. The molecule has 5 N–H and O–H groups in total. The van der Waals surface area contributed by atoms with Gasteiger partial charge in [0.2, 0.25) is 0 Å². The van der Waals surface area contributed by atoms with Crippen LogP contribution in [0.3, 0.4) is 0 Å². The maximum Gasteiger partial charge on any atom is 0.406 e. The average Bonchev–Trinajstić information content (AvgIpc) is 1.47. The van der Waals surface area contributed by atoms with E-state index >= 15 is 4.79 Å². The number of H-pyrrole nitrogens is 1. The number of para-hydroxylation sites is 1. The van der Waals surface area contributed by atoms with Crippen molar-refractivity contribution >= 4 is 52.4 Å². The third-order valence-corrected chi connectivity index (χ3v) is 24.3. The normalized spacial score (nSPS) is 34.6. The van der Waals surface area contributed by atoms with Gasteiger partial charge >= 0.3 is 30.1 Å². The largest absolute Gasteiger partial charge is 0.497 e. The van der Waals surface area contributed by atoms with Gasteiger partial charge in [-0.2, -0.15) is 0 Å². The Balaban J connectivity index is 0.000000208. The Morgan fingerprint density at radius 1 is 0.667 bits per heavy atom. The van der Waals surface area contributed by atoms with Gasteiger partial charge in [0, 0.05) is 140 Å². The highest BCUT2D eigenvalue weighted by molar-refractivity contribution is 5.94. The molecule has 2 saturated carbocycles. The van der Waals surface area contributed by atoms with Crippen LogP contribution in [0.4, 0.5) is 25.7 Å². The molecule has 4 aromatic rings. The zero-order chi connectivity index (χ0) is 67.5. The first-order chi connectivity index (χ1) is 45.5. The van der Waals surface area contributed by atoms with Crippen molar-refractivity contribution in [1.82, 2.24) is 30.3 Å². The zero-order valence-corrected chi connectivity index (χ0v) is 57.4. The molecule has 9 heterocycles. The molecular weight excluding hydrogens is 1230 g/mol. The summed E-state index contributed by atoms with van der Waals surface area (Å²) in [6.07, 6.45) is 12.5. The molecule has 1 unspecified atom stereocenters. The Hall–Kier alpha value is -7.70. The molecule has 14 rings (SSSR count). The molecule has 96 heavy (non-hydrogen) atoms. The van der Waals surface area contributed by atoms with Crippen LogP contribution in [-0.2, 0) is 60.7 Å². The second-order valence-electron chi connectivity index (χ2n) is 28.3. The number of carbonyl (C=O) groups is 5. The first-order valence-electron chi connectivity index (χ1n) is 33.8. The second kappa shape index (κ2) is 25.0. The van der Waals surface area contributed by atoms with Gasteiger partial charge in [-0.25, -0.2) is 9.59 Å². The minimum Gasteiger partial charge on any atom is -0.497 e. The molecule has 2 aliphatic carbocycles. The van der Waals surface area contributed by atoms with Gasteiger partial charge in [0.25, 0.3) is 0 Å². The first-order valence-corrected chi connectivity index (χ1v) is 33.8. The second-order valence-corrected chi connectivity index (χ2v) is 28.3. The van der Waals surface area contributed by atoms with E-state index in [0.29, 0.717) is 43.5 Å². The first kappa shape index (κ1) is 68.2. The molecule has 2 spiro atoms. The van der Waals surface area contributed by atoms with Crippen LogP contribution in [-0.4, -0.2) is 216 Å². The number of alkyl carbamates (subject to hydrolysis) is 2. The summed E-state index contributed by atoms with van der Waals surface area (Å²) in [4.78, 5) is 81.4. The summed E-state index contributed by atoms with van der Waals surface area (Å²) in [7, 11) is 11.3. The van der Waals surface area contributed by atoms with E-state index in [2.05, 4.69) is 122 Å². The number of nitrogens with zero attached hydrogens (tertiary/aromatic N) is 5. The van der Waals surface area contributed by atoms with Gasteiger partial charge in [0.1, 0.15) is 40.3 Å². The summed E-state index contributed by atoms with van der Waals surface area (Å²) in [5.74, 6) is -0.0471. The van der Waals surface area contributed by atoms with E-state index in [-0.39, 0.29) is 41.8 Å². The van der Waals surface area contributed by atoms with Gasteiger partial charge in [-0.3, -0.25) is 33.8 Å². The van der Waals surface area contributed by atoms with Crippen molar-refractivity contribution in [3.63, 3.8) is 0 Å². The molecule has 10 aliphatic rings. The van der Waals surface area contributed by atoms with Crippen LogP contribution in [0.1, 0.15) is 101 Å². The summed E-state index contributed by atoms with van der Waals surface area (Å²) < 4.78 is 40.2. The number of carbonyl (C=O) groups excluding carboxylic acids is 5. The maximum absolute atomic E-state index is 15.3. The van der Waals surface area contributed by atoms with Crippen LogP contribution in [0, 0.1) is 16.7 Å². The number of esters is 3. The number of methoxy groups -OCH3 is 5. The minimum absolute atomic E-state index is 0. The summed E-state index contributed by atoms with van der Waals surface area (Å²) in [5, 5.41) is 33.0. The predicted octanol–water partition coefficient (Wildman–Crippen LogP) is 6.96. The van der Waals surface area contributed by atoms with Crippen molar-refractivity contribution < 1.29 is 72.0 Å². The average molecular weight is 1330 g/mol. The van der Waals surface area contributed by atoms with Crippen molar-refractivity contribution in [2.45, 2.75) is 143 Å². The maximum atomic E-state index is 15.3. The predicted molar refractivity (Wildman–Crippen MR) is 359 cm³/mol. The molecule has 2 bridgehead atoms. The minimum atomic E-state index is -1.80. The van der Waals surface area contributed by atoms with Crippen LogP contribution >= 0.6 is 0 Å². The number of amides is 2. The lowest BCUT2D eigenvalue weighted by Gasteiger charge is -2.64. The lowest BCUT2D eigenvalue weighted by atomic mass is 9.47. The highest BCUT2D eigenvalue weighted by Gasteiger charge is 2.80. The Bertz CT molecular complexity index is 3840. The molecule has 22 nitrogen and oxygen atoms in total. The third kappa shape index (κ3) is 9.56. The highest BCUT2D eigenvalue weighted by atomic mass is 19.0. The SMILES string of the molecule is CCC1=C[C@@H]2CN(CCc3c([nH]c4ccccc34)[C@@](C(=O)OC)(c3cc4c(cc3OC)N(C)[C@H]3[C@@](O)(CNC(=O)OC)[C@H](OC(C)=O)[C@]5(CC)C=CCN6CC[C@]43[C@@H]65)C2)C1.CC[C@]12C=CCN3CC[C@@]4(c5ccc(OC)cc5N(C)[C@H]4[C@@](O)(CNC(=O)OC)[C@@H]1OC(C)=O)[C@@H]32.F. The number of likely N-dealkylation sites (N-methyl/N-ethyl adjacent to an activating group) is 2. The van der Waals surface area contributed by atoms with Gasteiger partial charge in [-0.05, 0) is 98.8 Å². The number of hydrogen-bond donors (Lipinski definition) is 5. The monoisotopic (exact) mass is 1330 g/mol. The van der Waals surface area contributed by atoms with E-state index in [0.717, 1.165) is 109 Å². The number of aromatic amines is 1. The van der Waals surface area contributed by atoms with Crippen molar-refractivity contribution in [3.05, 3.63) is 118 Å². The fraction of sp³-hybridized carbons (Fsp3) is 0.575. The lowest BCUT2D eigenvalue weighted by molar-refractivity contribution is -0.217. The van der Waals surface area contributed by atoms with Gasteiger partial charge in [-0.1, -0.05) is 81.0 Å². The van der Waals surface area contributed by atoms with Crippen LogP contribution < -0.4 is 29.9 Å². The van der Waals surface area contributed by atoms with Gasteiger partial charge in [0.05, 0.1) is 60.7 Å². The number of rotatable bonds is 13. The summed E-state index contributed by atoms with van der Waals surface area (Å²) >= 11 is 0. The van der Waals surface area contributed by atoms with Crippen molar-refractivity contribution in [3.8, 4) is 11.5 Å². The number of fused-ring (bicyclic) bond motifs is 7. The van der Waals surface area contributed by atoms with E-state index in [4.69, 9.17) is 33.2 Å². The number of anilines is 2. The van der Waals surface area contributed by atoms with Crippen LogP contribution in [0.25, 0.3) is 10.9 Å². The summed E-state index contributed by atoms with van der Waals surface area (Å²) in [6.45, 7) is 14.4. The van der Waals surface area contributed by atoms with Crippen molar-refractivity contribution in [2.24, 2.45) is 16.7 Å². The smallest absolute Gasteiger partial charge is 0.406 e. The van der Waals surface area contributed by atoms with Crippen molar-refractivity contribution in [1.29, 1.82) is 0 Å². The van der Waals surface area contributed by atoms with Crippen molar-refractivity contribution in [2.75, 3.05) is 118 Å². The number of ether oxygens (including phenoxy) is 7. The van der Waals surface area contributed by atoms with Gasteiger partial charge < -0.3 is 68.8 Å². The quantitative estimate of drug-likeness (QED) is 0.0516. The molecule has 15 atom stereocenters. The van der Waals surface area contributed by atoms with E-state index in [1.54, 1.807) is 14.2 Å². The Morgan fingerprint density at radius 3 is 1.75 bits per heavy atom. The van der Waals surface area contributed by atoms with Crippen LogP contribution in [0.5, 0.6) is 11.5 Å². The third-order valence-electron chi connectivity index (χ3n) is 24.3. The molecule has 2 saturated heterocycles. The Kier molecular flexibility index (Phi) is 17.8. The van der Waals surface area contributed by atoms with E-state index in [9.17, 15) is 29.4 Å². The van der Waals surface area contributed by atoms with E-state index in [1.165, 1.54) is 40.7 Å². The highest BCUT2D eigenvalue weighted by Crippen LogP contribution is 2.70. The van der Waals surface area contributed by atoms with E-state index in [1.807, 2.05) is 38.4 Å². The molecule has 3 aromatic carbocycles. The molecule has 518 valence electrons. The molecule has 2 amide bonds. The number of aromatic nitrogens is 1.